The highest BCUT2D eigenvalue weighted by Gasteiger charge is 2.60. The van der Waals surface area contributed by atoms with Gasteiger partial charge in [-0.15, -0.1) is 0 Å². The number of halogens is 2. The van der Waals surface area contributed by atoms with E-state index in [1.807, 2.05) is 0 Å². The maximum absolute atomic E-state index is 13.3. The van der Waals surface area contributed by atoms with Crippen LogP contribution in [-0.2, 0) is 10.0 Å². The molecule has 3 fully saturated rings. The topological polar surface area (TPSA) is 99.3 Å². The van der Waals surface area contributed by atoms with Gasteiger partial charge >= 0.3 is 0 Å². The van der Waals surface area contributed by atoms with Crippen molar-refractivity contribution in [3.05, 3.63) is 40.1 Å². The fourth-order valence-electron chi connectivity index (χ4n) is 5.10. The number of likely N-dealkylation sites (tertiary alicyclic amines) is 1. The second kappa shape index (κ2) is 6.41. The average Bonchev–Trinajstić information content (AvgIpc) is 3.41. The largest absolute Gasteiger partial charge is 0.336 e. The number of fused-ring (bicyclic) bond motifs is 5. The van der Waals surface area contributed by atoms with Gasteiger partial charge in [-0.3, -0.25) is 4.79 Å². The van der Waals surface area contributed by atoms with Gasteiger partial charge in [-0.2, -0.15) is 19.7 Å². The molecule has 148 valence electrons. The summed E-state index contributed by atoms with van der Waals surface area (Å²) in [6.45, 7) is 1.06. The first-order valence-electron chi connectivity index (χ1n) is 9.01. The molecule has 11 heteroatoms. The number of nitrogens with one attached hydrogen (secondary N) is 1. The van der Waals surface area contributed by atoms with E-state index in [-0.39, 0.29) is 40.4 Å². The van der Waals surface area contributed by atoms with Crippen molar-refractivity contribution in [1.29, 1.82) is 0 Å². The van der Waals surface area contributed by atoms with Crippen LogP contribution in [0.15, 0.2) is 29.3 Å². The molecule has 0 spiro atoms. The second-order valence-electron chi connectivity index (χ2n) is 7.55. The molecule has 5 rings (SSSR count). The molecule has 1 N–H and O–H groups in total. The number of aromatic nitrogens is 3. The van der Waals surface area contributed by atoms with Crippen LogP contribution in [0.3, 0.4) is 0 Å². The lowest BCUT2D eigenvalue weighted by molar-refractivity contribution is 0.0767. The molecular formula is C17H17Cl2N5O3S. The van der Waals surface area contributed by atoms with E-state index < -0.39 is 10.0 Å². The Morgan fingerprint density at radius 1 is 1.07 bits per heavy atom. The number of aromatic amines is 1. The molecule has 1 aromatic carbocycles. The predicted molar refractivity (Wildman–Crippen MR) is 102 cm³/mol. The number of benzene rings is 1. The number of H-pyrrole nitrogens is 1. The van der Waals surface area contributed by atoms with Gasteiger partial charge in [-0.1, -0.05) is 23.2 Å². The van der Waals surface area contributed by atoms with E-state index in [1.165, 1.54) is 24.4 Å². The van der Waals surface area contributed by atoms with Crippen molar-refractivity contribution in [2.45, 2.75) is 29.8 Å². The Morgan fingerprint density at radius 3 is 2.21 bits per heavy atom. The lowest BCUT2D eigenvalue weighted by atomic mass is 9.82. The van der Waals surface area contributed by atoms with Gasteiger partial charge in [0, 0.05) is 35.2 Å². The molecule has 1 amide bonds. The molecule has 3 aliphatic rings. The zero-order valence-corrected chi connectivity index (χ0v) is 17.0. The SMILES string of the molecule is O=C(c1cn[nH]n1)N1C[C@@H]2[C@H](C1)[C@@H]1CC[C@H]2N1S(=O)(=O)c1cc(Cl)cc(Cl)c1. The number of carbonyl (C=O) groups is 1. The first-order chi connectivity index (χ1) is 13.4. The van der Waals surface area contributed by atoms with Crippen LogP contribution in [0.2, 0.25) is 10.0 Å². The molecule has 4 atom stereocenters. The highest BCUT2D eigenvalue weighted by Crippen LogP contribution is 2.51. The monoisotopic (exact) mass is 441 g/mol. The van der Waals surface area contributed by atoms with Crippen molar-refractivity contribution in [3.63, 3.8) is 0 Å². The number of sulfonamides is 1. The summed E-state index contributed by atoms with van der Waals surface area (Å²) in [5.74, 6) is 0.0802. The summed E-state index contributed by atoms with van der Waals surface area (Å²) in [4.78, 5) is 14.5. The number of rotatable bonds is 3. The molecule has 2 bridgehead atoms. The highest BCUT2D eigenvalue weighted by atomic mass is 35.5. The van der Waals surface area contributed by atoms with E-state index in [9.17, 15) is 13.2 Å². The van der Waals surface area contributed by atoms with Crippen LogP contribution in [0.4, 0.5) is 0 Å². The molecule has 0 aliphatic carbocycles. The lowest BCUT2D eigenvalue weighted by Crippen LogP contribution is -2.41. The molecule has 3 saturated heterocycles. The number of nitrogens with zero attached hydrogens (tertiary/aromatic N) is 4. The van der Waals surface area contributed by atoms with Gasteiger partial charge in [0.1, 0.15) is 0 Å². The van der Waals surface area contributed by atoms with Gasteiger partial charge in [-0.05, 0) is 42.9 Å². The Balaban J connectivity index is 1.42. The third-order valence-electron chi connectivity index (χ3n) is 6.15. The van der Waals surface area contributed by atoms with Gasteiger partial charge in [0.2, 0.25) is 10.0 Å². The molecule has 4 heterocycles. The Labute approximate surface area is 171 Å². The Hall–Kier alpha value is -1.68. The predicted octanol–water partition coefficient (Wildman–Crippen LogP) is 2.04. The fourth-order valence-corrected chi connectivity index (χ4v) is 7.79. The van der Waals surface area contributed by atoms with Gasteiger partial charge in [0.15, 0.2) is 5.69 Å². The summed E-state index contributed by atoms with van der Waals surface area (Å²) in [6.07, 6.45) is 3.00. The lowest BCUT2D eigenvalue weighted by Gasteiger charge is -2.26. The zero-order chi connectivity index (χ0) is 19.6. The zero-order valence-electron chi connectivity index (χ0n) is 14.6. The Morgan fingerprint density at radius 2 is 1.68 bits per heavy atom. The van der Waals surface area contributed by atoms with E-state index in [1.54, 1.807) is 9.21 Å². The van der Waals surface area contributed by atoms with Gasteiger partial charge in [0.25, 0.3) is 5.91 Å². The maximum atomic E-state index is 13.3. The van der Waals surface area contributed by atoms with Crippen LogP contribution in [0.5, 0.6) is 0 Å². The summed E-state index contributed by atoms with van der Waals surface area (Å²) >= 11 is 12.0. The van der Waals surface area contributed by atoms with Crippen molar-refractivity contribution in [2.24, 2.45) is 11.8 Å². The smallest absolute Gasteiger partial charge is 0.276 e. The number of carbonyl (C=O) groups excluding carboxylic acids is 1. The standard InChI is InChI=1S/C17H17Cl2N5O3S/c18-9-3-10(19)5-11(4-9)28(26,27)24-15-1-2-16(24)13-8-23(7-12(13)15)17(25)14-6-20-22-21-14/h3-6,12-13,15-16H,1-2,7-8H2,(H,20,21,22)/t12-,13+,15-,16+. The fraction of sp³-hybridized carbons (Fsp3) is 0.471. The number of amides is 1. The minimum absolute atomic E-state index is 0.118. The average molecular weight is 442 g/mol. The molecule has 3 aliphatic heterocycles. The molecule has 2 aromatic rings. The van der Waals surface area contributed by atoms with E-state index in [2.05, 4.69) is 15.4 Å². The second-order valence-corrected chi connectivity index (χ2v) is 10.3. The van der Waals surface area contributed by atoms with Crippen LogP contribution in [0.1, 0.15) is 23.3 Å². The third-order valence-corrected chi connectivity index (χ3v) is 8.51. The van der Waals surface area contributed by atoms with E-state index >= 15 is 0 Å². The van der Waals surface area contributed by atoms with Crippen molar-refractivity contribution in [1.82, 2.24) is 24.6 Å². The van der Waals surface area contributed by atoms with Crippen LogP contribution in [0.25, 0.3) is 0 Å². The van der Waals surface area contributed by atoms with Crippen LogP contribution >= 0.6 is 23.2 Å². The van der Waals surface area contributed by atoms with E-state index in [0.717, 1.165) is 12.8 Å². The van der Waals surface area contributed by atoms with E-state index in [0.29, 0.717) is 23.1 Å². The van der Waals surface area contributed by atoms with Gasteiger partial charge < -0.3 is 4.90 Å². The molecule has 0 saturated carbocycles. The van der Waals surface area contributed by atoms with Crippen molar-refractivity contribution in [2.75, 3.05) is 13.1 Å². The van der Waals surface area contributed by atoms with Crippen LogP contribution < -0.4 is 0 Å². The third kappa shape index (κ3) is 2.67. The van der Waals surface area contributed by atoms with Crippen molar-refractivity contribution in [3.8, 4) is 0 Å². The molecule has 28 heavy (non-hydrogen) atoms. The van der Waals surface area contributed by atoms with E-state index in [4.69, 9.17) is 23.2 Å². The van der Waals surface area contributed by atoms with Crippen molar-refractivity contribution < 1.29 is 13.2 Å². The summed E-state index contributed by atoms with van der Waals surface area (Å²) in [6, 6.07) is 4.16. The van der Waals surface area contributed by atoms with Crippen LogP contribution in [0, 0.1) is 11.8 Å². The number of hydrogen-bond donors (Lipinski definition) is 1. The molecule has 1 aromatic heterocycles. The minimum atomic E-state index is -3.71. The quantitative estimate of drug-likeness (QED) is 0.785. The Kier molecular flexibility index (Phi) is 4.20. The number of hydrogen-bond acceptors (Lipinski definition) is 5. The summed E-state index contributed by atoms with van der Waals surface area (Å²) in [5.41, 5.74) is 0.283. The van der Waals surface area contributed by atoms with Crippen molar-refractivity contribution >= 4 is 39.1 Å². The van der Waals surface area contributed by atoms with Gasteiger partial charge in [0.05, 0.1) is 11.1 Å². The first-order valence-corrected chi connectivity index (χ1v) is 11.2. The molecule has 0 unspecified atom stereocenters. The first kappa shape index (κ1) is 18.4. The van der Waals surface area contributed by atoms with Gasteiger partial charge in [-0.25, -0.2) is 8.42 Å². The molecule has 0 radical (unpaired) electrons. The molecular weight excluding hydrogens is 425 g/mol. The summed E-state index contributed by atoms with van der Waals surface area (Å²) in [5, 5.41) is 10.6. The summed E-state index contributed by atoms with van der Waals surface area (Å²) in [7, 11) is -3.71. The van der Waals surface area contributed by atoms with Crippen LogP contribution in [-0.4, -0.2) is 64.1 Å². The Bertz CT molecular complexity index is 1000. The summed E-state index contributed by atoms with van der Waals surface area (Å²) < 4.78 is 28.3. The molecule has 8 nitrogen and oxygen atoms in total. The normalized spacial score (nSPS) is 29.4. The minimum Gasteiger partial charge on any atom is -0.336 e. The highest BCUT2D eigenvalue weighted by molar-refractivity contribution is 7.89. The maximum Gasteiger partial charge on any atom is 0.276 e.